The first kappa shape index (κ1) is 24.7. The van der Waals surface area contributed by atoms with E-state index < -0.39 is 0 Å². The van der Waals surface area contributed by atoms with E-state index in [0.29, 0.717) is 38.8 Å². The predicted molar refractivity (Wildman–Crippen MR) is 151 cm³/mol. The van der Waals surface area contributed by atoms with Crippen molar-refractivity contribution in [1.82, 2.24) is 14.3 Å². The van der Waals surface area contributed by atoms with Gasteiger partial charge in [0, 0.05) is 18.8 Å². The third kappa shape index (κ3) is 4.72. The Kier molecular flexibility index (Phi) is 6.99. The zero-order valence-electron chi connectivity index (χ0n) is 20.9. The molecular weight excluding hydrogens is 488 g/mol. The summed E-state index contributed by atoms with van der Waals surface area (Å²) in [5.74, 6) is 0.496. The second-order valence-electron chi connectivity index (χ2n) is 9.59. The maximum atomic E-state index is 13.8. The van der Waals surface area contributed by atoms with Gasteiger partial charge in [-0.2, -0.15) is 0 Å². The van der Waals surface area contributed by atoms with Crippen molar-refractivity contribution in [2.75, 3.05) is 11.4 Å². The Hall–Kier alpha value is -2.97. The summed E-state index contributed by atoms with van der Waals surface area (Å²) in [7, 11) is 0. The highest BCUT2D eigenvalue weighted by Crippen LogP contribution is 2.35. The van der Waals surface area contributed by atoms with Crippen molar-refractivity contribution in [2.24, 2.45) is 0 Å². The number of pyridine rings is 1. The number of carbonyl (C=O) groups excluding carboxylic acids is 1. The summed E-state index contributed by atoms with van der Waals surface area (Å²) in [6.45, 7) is 7.42. The van der Waals surface area contributed by atoms with Gasteiger partial charge in [-0.25, -0.2) is 4.98 Å². The number of amides is 1. The molecule has 1 atom stereocenters. The van der Waals surface area contributed by atoms with Gasteiger partial charge in [-0.1, -0.05) is 66.8 Å². The molecule has 2 aromatic heterocycles. The Morgan fingerprint density at radius 3 is 2.58 bits per heavy atom. The molecule has 186 valence electrons. The van der Waals surface area contributed by atoms with Gasteiger partial charge >= 0.3 is 0 Å². The lowest BCUT2D eigenvalue weighted by atomic mass is 9.99. The average molecular weight is 519 g/mol. The Morgan fingerprint density at radius 1 is 1.08 bits per heavy atom. The van der Waals surface area contributed by atoms with Crippen molar-refractivity contribution in [3.63, 3.8) is 0 Å². The quantitative estimate of drug-likeness (QED) is 0.329. The monoisotopic (exact) mass is 518 g/mol. The van der Waals surface area contributed by atoms with E-state index in [-0.39, 0.29) is 11.5 Å². The van der Waals surface area contributed by atoms with Gasteiger partial charge in [0.1, 0.15) is 15.8 Å². The van der Waals surface area contributed by atoms with Crippen molar-refractivity contribution in [3.05, 3.63) is 80.1 Å². The molecule has 0 N–H and O–H groups in total. The molecular formula is C28H30N4O2S2. The highest BCUT2D eigenvalue weighted by atomic mass is 32.2. The number of anilines is 1. The zero-order valence-corrected chi connectivity index (χ0v) is 22.5. The van der Waals surface area contributed by atoms with Gasteiger partial charge in [-0.3, -0.25) is 18.9 Å². The van der Waals surface area contributed by atoms with Crippen molar-refractivity contribution in [1.29, 1.82) is 0 Å². The fourth-order valence-electron chi connectivity index (χ4n) is 4.94. The number of piperidine rings is 1. The van der Waals surface area contributed by atoms with Gasteiger partial charge < -0.3 is 4.90 Å². The third-order valence-corrected chi connectivity index (χ3v) is 8.34. The normalized spacial score (nSPS) is 19.6. The molecule has 0 spiro atoms. The number of benzene rings is 1. The van der Waals surface area contributed by atoms with Gasteiger partial charge in [0.25, 0.3) is 11.5 Å². The number of aryl methyl sites for hydroxylation is 2. The molecule has 8 heteroatoms. The zero-order chi connectivity index (χ0) is 25.4. The van der Waals surface area contributed by atoms with E-state index >= 15 is 0 Å². The van der Waals surface area contributed by atoms with E-state index in [2.05, 4.69) is 11.8 Å². The highest BCUT2D eigenvalue weighted by Gasteiger charge is 2.33. The van der Waals surface area contributed by atoms with Crippen LogP contribution >= 0.6 is 24.0 Å². The number of hydrogen-bond donors (Lipinski definition) is 0. The molecule has 1 amide bonds. The molecule has 0 radical (unpaired) electrons. The van der Waals surface area contributed by atoms with Crippen LogP contribution in [0.1, 0.15) is 54.9 Å². The van der Waals surface area contributed by atoms with Gasteiger partial charge in [-0.05, 0) is 62.8 Å². The van der Waals surface area contributed by atoms with Crippen LogP contribution in [0.5, 0.6) is 0 Å². The van der Waals surface area contributed by atoms with Gasteiger partial charge in [0.05, 0.1) is 17.0 Å². The summed E-state index contributed by atoms with van der Waals surface area (Å²) < 4.78 is 2.09. The van der Waals surface area contributed by atoms with Gasteiger partial charge in [0.2, 0.25) is 0 Å². The molecule has 0 aliphatic carbocycles. The first-order valence-electron chi connectivity index (χ1n) is 12.5. The third-order valence-electron chi connectivity index (χ3n) is 6.97. The SMILES string of the molecule is CCC1CCCCN1c1nc2ccc(C)cn2c(=O)c1/C=C1/SC(=S)N(Cc2ccc(C)cc2)C1=O. The molecule has 3 aromatic rings. The number of fused-ring (bicyclic) bond motifs is 1. The first-order chi connectivity index (χ1) is 17.4. The summed E-state index contributed by atoms with van der Waals surface area (Å²) in [5.41, 5.74) is 4.06. The number of rotatable bonds is 5. The maximum absolute atomic E-state index is 13.8. The minimum absolute atomic E-state index is 0.164. The van der Waals surface area contributed by atoms with Gasteiger partial charge in [-0.15, -0.1) is 0 Å². The lowest BCUT2D eigenvalue weighted by Crippen LogP contribution is -2.41. The molecule has 2 saturated heterocycles. The molecule has 1 unspecified atom stereocenters. The summed E-state index contributed by atoms with van der Waals surface area (Å²) in [5, 5.41) is 0. The molecule has 5 rings (SSSR count). The van der Waals surface area contributed by atoms with E-state index in [9.17, 15) is 9.59 Å². The molecule has 4 heterocycles. The van der Waals surface area contributed by atoms with E-state index in [1.54, 1.807) is 15.4 Å². The topological polar surface area (TPSA) is 57.9 Å². The van der Waals surface area contributed by atoms with Crippen LogP contribution in [0.2, 0.25) is 0 Å². The van der Waals surface area contributed by atoms with Crippen LogP contribution in [-0.4, -0.2) is 37.1 Å². The van der Waals surface area contributed by atoms with Crippen molar-refractivity contribution in [2.45, 2.75) is 59.0 Å². The molecule has 2 aliphatic heterocycles. The Labute approximate surface area is 221 Å². The van der Waals surface area contributed by atoms with Crippen molar-refractivity contribution in [3.8, 4) is 0 Å². The van der Waals surface area contributed by atoms with Crippen LogP contribution in [0.15, 0.2) is 52.3 Å². The van der Waals surface area contributed by atoms with Crippen molar-refractivity contribution >= 4 is 51.7 Å². The predicted octanol–water partition coefficient (Wildman–Crippen LogP) is 5.48. The van der Waals surface area contributed by atoms with Crippen LogP contribution in [0.3, 0.4) is 0 Å². The van der Waals surface area contributed by atoms with Crippen LogP contribution in [-0.2, 0) is 11.3 Å². The highest BCUT2D eigenvalue weighted by molar-refractivity contribution is 8.26. The molecule has 6 nitrogen and oxygen atoms in total. The number of carbonyl (C=O) groups is 1. The number of thiocarbonyl (C=S) groups is 1. The molecule has 2 aliphatic rings. The van der Waals surface area contributed by atoms with Gasteiger partial charge in [0.15, 0.2) is 0 Å². The smallest absolute Gasteiger partial charge is 0.267 e. The van der Waals surface area contributed by atoms with E-state index in [0.717, 1.165) is 36.9 Å². The second kappa shape index (κ2) is 10.2. The lowest BCUT2D eigenvalue weighted by Gasteiger charge is -2.37. The summed E-state index contributed by atoms with van der Waals surface area (Å²) in [6.07, 6.45) is 7.81. The fraction of sp³-hybridized carbons (Fsp3) is 0.357. The largest absolute Gasteiger partial charge is 0.353 e. The Bertz CT molecular complexity index is 1430. The Morgan fingerprint density at radius 2 is 1.83 bits per heavy atom. The minimum Gasteiger partial charge on any atom is -0.353 e. The molecule has 0 saturated carbocycles. The Balaban J connectivity index is 1.59. The molecule has 0 bridgehead atoms. The summed E-state index contributed by atoms with van der Waals surface area (Å²) in [4.78, 5) is 36.5. The number of hydrogen-bond acceptors (Lipinski definition) is 6. The molecule has 2 fully saturated rings. The van der Waals surface area contributed by atoms with Crippen LogP contribution in [0, 0.1) is 13.8 Å². The fourth-order valence-corrected chi connectivity index (χ4v) is 6.18. The average Bonchev–Trinajstić information content (AvgIpc) is 3.14. The second-order valence-corrected chi connectivity index (χ2v) is 11.3. The number of thioether (sulfide) groups is 1. The maximum Gasteiger partial charge on any atom is 0.267 e. The summed E-state index contributed by atoms with van der Waals surface area (Å²) >= 11 is 6.83. The van der Waals surface area contributed by atoms with Crippen LogP contribution < -0.4 is 10.5 Å². The first-order valence-corrected chi connectivity index (χ1v) is 13.7. The lowest BCUT2D eigenvalue weighted by molar-refractivity contribution is -0.122. The number of nitrogens with zero attached hydrogens (tertiary/aromatic N) is 4. The minimum atomic E-state index is -0.170. The van der Waals surface area contributed by atoms with Crippen molar-refractivity contribution < 1.29 is 4.79 Å². The van der Waals surface area contributed by atoms with E-state index in [4.69, 9.17) is 17.2 Å². The molecule has 36 heavy (non-hydrogen) atoms. The number of aromatic nitrogens is 2. The standard InChI is InChI=1S/C28H30N4O2S2/c1-4-21-7-5-6-14-30(21)25-22(26(33)31-16-19(3)10-13-24(31)29-25)15-23-27(34)32(28(35)36-23)17-20-11-8-18(2)9-12-20/h8-13,15-16,21H,4-7,14,17H2,1-3H3/b23-15+. The van der Waals surface area contributed by atoms with Crippen LogP contribution in [0.4, 0.5) is 5.82 Å². The van der Waals surface area contributed by atoms with Crippen LogP contribution in [0.25, 0.3) is 11.7 Å². The summed E-state index contributed by atoms with van der Waals surface area (Å²) in [6, 6.07) is 12.3. The van der Waals surface area contributed by atoms with E-state index in [1.807, 2.05) is 56.4 Å². The van der Waals surface area contributed by atoms with E-state index in [1.165, 1.54) is 23.7 Å². The molecule has 1 aromatic carbocycles.